The van der Waals surface area contributed by atoms with Crippen LogP contribution in [0.3, 0.4) is 0 Å². The molecule has 9 heteroatoms. The van der Waals surface area contributed by atoms with Gasteiger partial charge in [0.05, 0.1) is 16.3 Å². The second-order valence-electron chi connectivity index (χ2n) is 7.13. The van der Waals surface area contributed by atoms with Crippen molar-refractivity contribution in [1.82, 2.24) is 24.9 Å². The van der Waals surface area contributed by atoms with Crippen LogP contribution in [0.4, 0.5) is 0 Å². The minimum atomic E-state index is 0.225. The van der Waals surface area contributed by atoms with Crippen molar-refractivity contribution < 1.29 is 9.32 Å². The van der Waals surface area contributed by atoms with Crippen molar-refractivity contribution in [2.45, 2.75) is 18.6 Å². The molecule has 158 valence electrons. The lowest BCUT2D eigenvalue weighted by molar-refractivity contribution is -0.130. The van der Waals surface area contributed by atoms with E-state index in [2.05, 4.69) is 20.0 Å². The lowest BCUT2D eigenvalue weighted by Gasteiger charge is -2.34. The summed E-state index contributed by atoms with van der Waals surface area (Å²) in [5, 5.41) is 6.07. The van der Waals surface area contributed by atoms with Crippen molar-refractivity contribution in [2.24, 2.45) is 0 Å². The average molecular weight is 444 g/mol. The molecule has 4 heterocycles. The fourth-order valence-electron chi connectivity index (χ4n) is 3.35. The molecule has 1 aliphatic rings. The first kappa shape index (κ1) is 21.0. The Morgan fingerprint density at radius 3 is 2.83 bits per heavy atom. The van der Waals surface area contributed by atoms with Gasteiger partial charge in [-0.05, 0) is 36.5 Å². The van der Waals surface area contributed by atoms with E-state index in [9.17, 15) is 4.79 Å². The fraction of sp³-hybridized carbons (Fsp3) is 0.429. The van der Waals surface area contributed by atoms with Crippen LogP contribution in [-0.2, 0) is 17.0 Å². The lowest BCUT2D eigenvalue weighted by atomic mass is 10.2. The Morgan fingerprint density at radius 2 is 2.07 bits per heavy atom. The van der Waals surface area contributed by atoms with E-state index in [1.807, 2.05) is 40.6 Å². The Kier molecular flexibility index (Phi) is 7.49. The maximum Gasteiger partial charge on any atom is 0.232 e. The van der Waals surface area contributed by atoms with Crippen molar-refractivity contribution in [2.75, 3.05) is 38.5 Å². The van der Waals surface area contributed by atoms with Gasteiger partial charge in [0.1, 0.15) is 0 Å². The molecule has 30 heavy (non-hydrogen) atoms. The third-order valence-corrected chi connectivity index (χ3v) is 6.82. The van der Waals surface area contributed by atoms with Gasteiger partial charge in [-0.3, -0.25) is 14.7 Å². The molecule has 0 spiro atoms. The van der Waals surface area contributed by atoms with Gasteiger partial charge in [-0.15, -0.1) is 23.1 Å². The van der Waals surface area contributed by atoms with Crippen molar-refractivity contribution in [3.8, 4) is 10.7 Å². The van der Waals surface area contributed by atoms with E-state index >= 15 is 0 Å². The second-order valence-corrected chi connectivity index (χ2v) is 9.06. The summed E-state index contributed by atoms with van der Waals surface area (Å²) in [5.41, 5.74) is 1.02. The Balaban J connectivity index is 1.11. The van der Waals surface area contributed by atoms with E-state index in [-0.39, 0.29) is 5.91 Å². The van der Waals surface area contributed by atoms with E-state index in [1.165, 1.54) is 0 Å². The zero-order chi connectivity index (χ0) is 20.6. The summed E-state index contributed by atoms with van der Waals surface area (Å²) in [7, 11) is 0. The normalized spacial score (nSPS) is 14.9. The smallest absolute Gasteiger partial charge is 0.232 e. The molecule has 3 aromatic rings. The van der Waals surface area contributed by atoms with Crippen molar-refractivity contribution in [1.29, 1.82) is 0 Å². The SMILES string of the molecule is O=C(CSCc1ccccn1)N1CCN(CCCc2nc(-c3cccs3)no2)CC1. The van der Waals surface area contributed by atoms with Gasteiger partial charge >= 0.3 is 0 Å². The number of aryl methyl sites for hydroxylation is 1. The molecular weight excluding hydrogens is 418 g/mol. The molecule has 0 N–H and O–H groups in total. The van der Waals surface area contributed by atoms with Gasteiger partial charge < -0.3 is 9.42 Å². The molecule has 0 atom stereocenters. The highest BCUT2D eigenvalue weighted by atomic mass is 32.2. The summed E-state index contributed by atoms with van der Waals surface area (Å²) in [6.45, 7) is 4.41. The highest BCUT2D eigenvalue weighted by Crippen LogP contribution is 2.21. The van der Waals surface area contributed by atoms with Crippen molar-refractivity contribution in [3.63, 3.8) is 0 Å². The molecule has 7 nitrogen and oxygen atoms in total. The van der Waals surface area contributed by atoms with Crippen LogP contribution in [0.5, 0.6) is 0 Å². The number of hydrogen-bond acceptors (Lipinski definition) is 8. The summed E-state index contributed by atoms with van der Waals surface area (Å²) >= 11 is 3.24. The molecule has 1 amide bonds. The van der Waals surface area contributed by atoms with Crippen molar-refractivity contribution >= 4 is 29.0 Å². The van der Waals surface area contributed by atoms with Gasteiger partial charge in [0, 0.05) is 44.5 Å². The van der Waals surface area contributed by atoms with E-state index in [0.717, 1.165) is 61.9 Å². The van der Waals surface area contributed by atoms with E-state index < -0.39 is 0 Å². The largest absolute Gasteiger partial charge is 0.339 e. The first-order valence-electron chi connectivity index (χ1n) is 10.1. The minimum Gasteiger partial charge on any atom is -0.339 e. The Labute approximate surface area is 184 Å². The van der Waals surface area contributed by atoms with Crippen LogP contribution >= 0.6 is 23.1 Å². The number of carbonyl (C=O) groups excluding carboxylic acids is 1. The standard InChI is InChI=1S/C21H25N5O2S2/c27-20(16-29-15-17-5-1-2-8-22-17)26-12-10-25(11-13-26)9-3-7-19-23-21(24-28-19)18-6-4-14-30-18/h1-2,4-6,8,14H,3,7,9-13,15-16H2. The van der Waals surface area contributed by atoms with Crippen LogP contribution in [-0.4, -0.2) is 69.3 Å². The molecule has 1 saturated heterocycles. The molecule has 1 fully saturated rings. The highest BCUT2D eigenvalue weighted by molar-refractivity contribution is 7.99. The number of rotatable bonds is 9. The maximum atomic E-state index is 12.4. The molecule has 0 radical (unpaired) electrons. The van der Waals surface area contributed by atoms with E-state index in [4.69, 9.17) is 4.52 Å². The van der Waals surface area contributed by atoms with Gasteiger partial charge in [0.15, 0.2) is 0 Å². The molecule has 0 saturated carbocycles. The third-order valence-electron chi connectivity index (χ3n) is 5.00. The summed E-state index contributed by atoms with van der Waals surface area (Å²) in [6, 6.07) is 9.86. The number of thiophene rings is 1. The lowest BCUT2D eigenvalue weighted by Crippen LogP contribution is -2.49. The van der Waals surface area contributed by atoms with Crippen LogP contribution in [0.25, 0.3) is 10.7 Å². The third kappa shape index (κ3) is 5.90. The Bertz CT molecular complexity index is 909. The number of amides is 1. The number of pyridine rings is 1. The minimum absolute atomic E-state index is 0.225. The van der Waals surface area contributed by atoms with Crippen LogP contribution in [0.1, 0.15) is 18.0 Å². The van der Waals surface area contributed by atoms with Gasteiger partial charge in [-0.1, -0.05) is 17.3 Å². The first-order chi connectivity index (χ1) is 14.8. The second kappa shape index (κ2) is 10.7. The number of piperazine rings is 1. The monoisotopic (exact) mass is 443 g/mol. The predicted molar refractivity (Wildman–Crippen MR) is 119 cm³/mol. The quantitative estimate of drug-likeness (QED) is 0.503. The molecule has 4 rings (SSSR count). The molecule has 0 aromatic carbocycles. The number of aromatic nitrogens is 3. The van der Waals surface area contributed by atoms with Gasteiger partial charge in [0.2, 0.25) is 17.6 Å². The van der Waals surface area contributed by atoms with Gasteiger partial charge in [-0.25, -0.2) is 0 Å². The summed E-state index contributed by atoms with van der Waals surface area (Å²) in [6.07, 6.45) is 3.54. The maximum absolute atomic E-state index is 12.4. The molecule has 0 unspecified atom stereocenters. The van der Waals surface area contributed by atoms with Crippen LogP contribution in [0.2, 0.25) is 0 Å². The van der Waals surface area contributed by atoms with Crippen LogP contribution < -0.4 is 0 Å². The Morgan fingerprint density at radius 1 is 1.17 bits per heavy atom. The van der Waals surface area contributed by atoms with Crippen LogP contribution in [0, 0.1) is 0 Å². The summed E-state index contributed by atoms with van der Waals surface area (Å²) in [4.78, 5) is 26.6. The predicted octanol–water partition coefficient (Wildman–Crippen LogP) is 3.20. The number of carbonyl (C=O) groups is 1. The Hall–Kier alpha value is -2.23. The van der Waals surface area contributed by atoms with E-state index in [1.54, 1.807) is 29.3 Å². The number of nitrogens with zero attached hydrogens (tertiary/aromatic N) is 5. The topological polar surface area (TPSA) is 75.4 Å². The molecule has 1 aliphatic heterocycles. The van der Waals surface area contributed by atoms with Crippen molar-refractivity contribution in [3.05, 3.63) is 53.5 Å². The zero-order valence-corrected chi connectivity index (χ0v) is 18.4. The molecular formula is C21H25N5O2S2. The number of hydrogen-bond donors (Lipinski definition) is 0. The van der Waals surface area contributed by atoms with Crippen LogP contribution in [0.15, 0.2) is 46.4 Å². The fourth-order valence-corrected chi connectivity index (χ4v) is 4.84. The van der Waals surface area contributed by atoms with Gasteiger partial charge in [-0.2, -0.15) is 4.98 Å². The molecule has 3 aromatic heterocycles. The average Bonchev–Trinajstić information content (AvgIpc) is 3.47. The summed E-state index contributed by atoms with van der Waals surface area (Å²) < 4.78 is 5.36. The molecule has 0 aliphatic carbocycles. The zero-order valence-electron chi connectivity index (χ0n) is 16.8. The summed E-state index contributed by atoms with van der Waals surface area (Å²) in [5.74, 6) is 2.88. The van der Waals surface area contributed by atoms with E-state index in [0.29, 0.717) is 17.5 Å². The number of thioether (sulfide) groups is 1. The first-order valence-corrected chi connectivity index (χ1v) is 12.2. The van der Waals surface area contributed by atoms with Gasteiger partial charge in [0.25, 0.3) is 0 Å². The molecule has 0 bridgehead atoms. The highest BCUT2D eigenvalue weighted by Gasteiger charge is 2.21.